The maximum atomic E-state index is 12.8. The molecule has 0 spiro atoms. The third-order valence-corrected chi connectivity index (χ3v) is 6.95. The predicted octanol–water partition coefficient (Wildman–Crippen LogP) is 4.90. The normalized spacial score (nSPS) is 14.7. The zero-order chi connectivity index (χ0) is 21.8. The number of carbonyl (C=O) groups excluding carboxylic acids is 1. The summed E-state index contributed by atoms with van der Waals surface area (Å²) < 4.78 is 14.6. The van der Waals surface area contributed by atoms with E-state index in [0.717, 1.165) is 47.5 Å². The average molecular weight is 430 g/mol. The van der Waals surface area contributed by atoms with E-state index in [1.165, 1.54) is 0 Å². The van der Waals surface area contributed by atoms with E-state index >= 15 is 0 Å². The van der Waals surface area contributed by atoms with Crippen LogP contribution in [0.4, 0.5) is 5.69 Å². The van der Waals surface area contributed by atoms with Gasteiger partial charge in [0.1, 0.15) is 11.0 Å². The van der Waals surface area contributed by atoms with Crippen molar-refractivity contribution < 1.29 is 9.00 Å². The van der Waals surface area contributed by atoms with Crippen molar-refractivity contribution in [2.75, 3.05) is 18.4 Å². The van der Waals surface area contributed by atoms with Gasteiger partial charge in [0.2, 0.25) is 0 Å². The summed E-state index contributed by atoms with van der Waals surface area (Å²) in [6, 6.07) is 22.2. The molecule has 1 amide bonds. The number of carbonyl (C=O) groups is 1. The Balaban J connectivity index is 1.49. The van der Waals surface area contributed by atoms with Gasteiger partial charge in [-0.15, -0.1) is 0 Å². The number of hydrogen-bond donors (Lipinski definition) is 1. The van der Waals surface area contributed by atoms with Crippen molar-refractivity contribution in [2.45, 2.75) is 24.7 Å². The molecule has 1 fully saturated rings. The van der Waals surface area contributed by atoms with Crippen LogP contribution in [0.5, 0.6) is 0 Å². The Morgan fingerprint density at radius 2 is 1.68 bits per heavy atom. The fraction of sp³-hybridized carbons (Fsp3) is 0.200. The zero-order valence-corrected chi connectivity index (χ0v) is 18.1. The number of rotatable bonds is 5. The second-order valence-corrected chi connectivity index (χ2v) is 9.07. The van der Waals surface area contributed by atoms with Crippen LogP contribution in [0.2, 0.25) is 0 Å². The number of anilines is 1. The molecular weight excluding hydrogens is 406 g/mol. The lowest BCUT2D eigenvalue weighted by molar-refractivity contribution is 0.102. The molecule has 0 radical (unpaired) electrons. The Morgan fingerprint density at radius 3 is 2.32 bits per heavy atom. The van der Waals surface area contributed by atoms with Crippen LogP contribution < -0.4 is 5.32 Å². The van der Waals surface area contributed by atoms with Crippen molar-refractivity contribution >= 4 is 22.6 Å². The Kier molecular flexibility index (Phi) is 6.26. The second kappa shape index (κ2) is 9.25. The van der Waals surface area contributed by atoms with Gasteiger partial charge in [-0.2, -0.15) is 5.26 Å². The first kappa shape index (κ1) is 21.0. The standard InChI is InChI=1S/C25H23N3O2S/c1-18-4-7-21(16-24(18)20-8-5-19(17-26)6-9-20)25(29)27-22-10-12-23(13-11-22)31(30)28-14-2-3-15-28/h4-13,16H,2-3,14-15H2,1H3,(H,27,29). The van der Waals surface area contributed by atoms with Gasteiger partial charge < -0.3 is 5.32 Å². The van der Waals surface area contributed by atoms with Gasteiger partial charge in [0, 0.05) is 24.3 Å². The first-order valence-electron chi connectivity index (χ1n) is 10.2. The minimum Gasteiger partial charge on any atom is -0.322 e. The molecule has 1 unspecified atom stereocenters. The molecule has 3 aromatic rings. The van der Waals surface area contributed by atoms with E-state index in [1.807, 2.05) is 35.5 Å². The van der Waals surface area contributed by atoms with E-state index in [0.29, 0.717) is 16.8 Å². The number of nitrogens with zero attached hydrogens (tertiary/aromatic N) is 2. The van der Waals surface area contributed by atoms with Crippen LogP contribution in [0.25, 0.3) is 11.1 Å². The lowest BCUT2D eigenvalue weighted by Crippen LogP contribution is -2.22. The SMILES string of the molecule is Cc1ccc(C(=O)Nc2ccc(S(=O)N3CCCC3)cc2)cc1-c1ccc(C#N)cc1. The van der Waals surface area contributed by atoms with Gasteiger partial charge in [-0.3, -0.25) is 4.79 Å². The molecule has 156 valence electrons. The molecule has 1 saturated heterocycles. The highest BCUT2D eigenvalue weighted by molar-refractivity contribution is 7.82. The van der Waals surface area contributed by atoms with Crippen molar-refractivity contribution in [2.24, 2.45) is 0 Å². The minimum absolute atomic E-state index is 0.205. The van der Waals surface area contributed by atoms with Gasteiger partial charge in [0.05, 0.1) is 16.5 Å². The van der Waals surface area contributed by atoms with E-state index < -0.39 is 11.0 Å². The molecule has 0 saturated carbocycles. The Morgan fingerprint density at radius 1 is 1.00 bits per heavy atom. The Hall–Kier alpha value is -3.27. The average Bonchev–Trinajstić information content (AvgIpc) is 3.34. The summed E-state index contributed by atoms with van der Waals surface area (Å²) in [6.45, 7) is 3.72. The largest absolute Gasteiger partial charge is 0.322 e. The molecule has 0 bridgehead atoms. The highest BCUT2D eigenvalue weighted by Crippen LogP contribution is 2.26. The van der Waals surface area contributed by atoms with Gasteiger partial charge in [0.25, 0.3) is 5.91 Å². The lowest BCUT2D eigenvalue weighted by atomic mass is 9.97. The summed E-state index contributed by atoms with van der Waals surface area (Å²) >= 11 is 0. The molecule has 1 aliphatic heterocycles. The van der Waals surface area contributed by atoms with Crippen LogP contribution in [0.3, 0.4) is 0 Å². The summed E-state index contributed by atoms with van der Waals surface area (Å²) in [4.78, 5) is 13.6. The Bertz CT molecular complexity index is 1160. The highest BCUT2D eigenvalue weighted by atomic mass is 32.2. The Labute approximate surface area is 184 Å². The third kappa shape index (κ3) is 4.74. The van der Waals surface area contributed by atoms with Gasteiger partial charge in [-0.1, -0.05) is 18.2 Å². The molecule has 3 aromatic carbocycles. The topological polar surface area (TPSA) is 73.2 Å². The van der Waals surface area contributed by atoms with Gasteiger partial charge >= 0.3 is 0 Å². The number of nitriles is 1. The van der Waals surface area contributed by atoms with Gasteiger partial charge in [0.15, 0.2) is 0 Å². The highest BCUT2D eigenvalue weighted by Gasteiger charge is 2.19. The molecule has 1 aliphatic rings. The van der Waals surface area contributed by atoms with Crippen LogP contribution in [0.1, 0.15) is 34.3 Å². The number of amides is 1. The summed E-state index contributed by atoms with van der Waals surface area (Å²) in [5.41, 5.74) is 4.77. The predicted molar refractivity (Wildman–Crippen MR) is 123 cm³/mol. The number of hydrogen-bond acceptors (Lipinski definition) is 3. The molecule has 1 atom stereocenters. The minimum atomic E-state index is -1.14. The van der Waals surface area contributed by atoms with Gasteiger partial charge in [-0.05, 0) is 85.0 Å². The fourth-order valence-corrected chi connectivity index (χ4v) is 4.92. The monoisotopic (exact) mass is 429 g/mol. The molecule has 4 rings (SSSR count). The fourth-order valence-electron chi connectivity index (χ4n) is 3.66. The lowest BCUT2D eigenvalue weighted by Gasteiger charge is -2.14. The maximum absolute atomic E-state index is 12.8. The van der Waals surface area contributed by atoms with Gasteiger partial charge in [-0.25, -0.2) is 8.51 Å². The maximum Gasteiger partial charge on any atom is 0.255 e. The summed E-state index contributed by atoms with van der Waals surface area (Å²) in [7, 11) is -1.14. The van der Waals surface area contributed by atoms with Crippen molar-refractivity contribution in [1.82, 2.24) is 4.31 Å². The van der Waals surface area contributed by atoms with E-state index in [-0.39, 0.29) is 5.91 Å². The third-order valence-electron chi connectivity index (χ3n) is 5.44. The molecule has 5 nitrogen and oxygen atoms in total. The van der Waals surface area contributed by atoms with Crippen LogP contribution in [0.15, 0.2) is 71.6 Å². The van der Waals surface area contributed by atoms with Crippen LogP contribution in [-0.2, 0) is 11.0 Å². The smallest absolute Gasteiger partial charge is 0.255 e. The number of nitrogens with one attached hydrogen (secondary N) is 1. The summed E-state index contributed by atoms with van der Waals surface area (Å²) in [6.07, 6.45) is 2.17. The number of aryl methyl sites for hydroxylation is 1. The van der Waals surface area contributed by atoms with Crippen molar-refractivity contribution in [3.63, 3.8) is 0 Å². The van der Waals surface area contributed by atoms with Crippen molar-refractivity contribution in [1.29, 1.82) is 5.26 Å². The molecular formula is C25H23N3O2S. The summed E-state index contributed by atoms with van der Waals surface area (Å²) in [5.74, 6) is -0.205. The summed E-state index contributed by atoms with van der Waals surface area (Å²) in [5, 5.41) is 11.9. The van der Waals surface area contributed by atoms with E-state index in [4.69, 9.17) is 5.26 Å². The first-order valence-corrected chi connectivity index (χ1v) is 11.4. The van der Waals surface area contributed by atoms with Crippen LogP contribution in [0, 0.1) is 18.3 Å². The van der Waals surface area contributed by atoms with E-state index in [1.54, 1.807) is 42.5 Å². The molecule has 1 heterocycles. The molecule has 1 N–H and O–H groups in total. The first-order chi connectivity index (χ1) is 15.0. The molecule has 31 heavy (non-hydrogen) atoms. The van der Waals surface area contributed by atoms with E-state index in [2.05, 4.69) is 11.4 Å². The van der Waals surface area contributed by atoms with E-state index in [9.17, 15) is 9.00 Å². The zero-order valence-electron chi connectivity index (χ0n) is 17.3. The second-order valence-electron chi connectivity index (χ2n) is 7.58. The quantitative estimate of drug-likeness (QED) is 0.627. The van der Waals surface area contributed by atoms with Crippen molar-refractivity contribution in [3.05, 3.63) is 83.4 Å². The van der Waals surface area contributed by atoms with Crippen molar-refractivity contribution in [3.8, 4) is 17.2 Å². The molecule has 0 aromatic heterocycles. The van der Waals surface area contributed by atoms with Crippen LogP contribution >= 0.6 is 0 Å². The number of benzene rings is 3. The van der Waals surface area contributed by atoms with Crippen LogP contribution in [-0.4, -0.2) is 27.5 Å². The molecule has 0 aliphatic carbocycles. The molecule has 6 heteroatoms.